The fourth-order valence-electron chi connectivity index (χ4n) is 1.66. The SMILES string of the molecule is Cc1cc(Sc2nccn2C)c([C@H](C)N)cc1F. The van der Waals surface area contributed by atoms with Gasteiger partial charge in [-0.15, -0.1) is 0 Å². The summed E-state index contributed by atoms with van der Waals surface area (Å²) in [7, 11) is 1.93. The standard InChI is InChI=1S/C13H16FN3S/c1-8-6-12(10(9(2)15)7-11(8)14)18-13-16-4-5-17(13)3/h4-7,9H,15H2,1-3H3/t9-/m0/s1. The van der Waals surface area contributed by atoms with Crippen LogP contribution in [0, 0.1) is 12.7 Å². The lowest BCUT2D eigenvalue weighted by Crippen LogP contribution is -2.08. The van der Waals surface area contributed by atoms with Crippen molar-refractivity contribution in [1.82, 2.24) is 9.55 Å². The maximum absolute atomic E-state index is 13.6. The van der Waals surface area contributed by atoms with Crippen LogP contribution >= 0.6 is 11.8 Å². The van der Waals surface area contributed by atoms with Gasteiger partial charge in [0.15, 0.2) is 5.16 Å². The first-order valence-corrected chi connectivity index (χ1v) is 6.51. The maximum atomic E-state index is 13.6. The van der Waals surface area contributed by atoms with Gasteiger partial charge in [0, 0.05) is 30.4 Å². The summed E-state index contributed by atoms with van der Waals surface area (Å²) in [6, 6.07) is 3.14. The number of benzene rings is 1. The number of hydrogen-bond acceptors (Lipinski definition) is 3. The first kappa shape index (κ1) is 13.1. The molecule has 96 valence electrons. The van der Waals surface area contributed by atoms with E-state index < -0.39 is 0 Å². The fraction of sp³-hybridized carbons (Fsp3) is 0.308. The lowest BCUT2D eigenvalue weighted by molar-refractivity contribution is 0.610. The quantitative estimate of drug-likeness (QED) is 0.927. The Morgan fingerprint density at radius 1 is 1.44 bits per heavy atom. The lowest BCUT2D eigenvalue weighted by Gasteiger charge is -2.13. The summed E-state index contributed by atoms with van der Waals surface area (Å²) in [5, 5.41) is 0.864. The van der Waals surface area contributed by atoms with Crippen LogP contribution in [0.4, 0.5) is 4.39 Å². The number of aromatic nitrogens is 2. The van der Waals surface area contributed by atoms with Gasteiger partial charge in [0.2, 0.25) is 0 Å². The Balaban J connectivity index is 2.43. The first-order valence-electron chi connectivity index (χ1n) is 5.70. The van der Waals surface area contributed by atoms with E-state index in [4.69, 9.17) is 5.73 Å². The minimum Gasteiger partial charge on any atom is -0.329 e. The van der Waals surface area contributed by atoms with Crippen molar-refractivity contribution in [2.45, 2.75) is 29.9 Å². The van der Waals surface area contributed by atoms with Gasteiger partial charge in [0.1, 0.15) is 5.82 Å². The number of nitrogens with zero attached hydrogens (tertiary/aromatic N) is 2. The van der Waals surface area contributed by atoms with E-state index in [9.17, 15) is 4.39 Å². The Labute approximate surface area is 110 Å². The molecule has 0 aliphatic rings. The summed E-state index contributed by atoms with van der Waals surface area (Å²) < 4.78 is 15.5. The molecule has 1 heterocycles. The summed E-state index contributed by atoms with van der Waals surface area (Å²) in [5.41, 5.74) is 7.33. The average Bonchev–Trinajstić information content (AvgIpc) is 2.69. The van der Waals surface area contributed by atoms with Gasteiger partial charge in [-0.3, -0.25) is 0 Å². The molecule has 1 aromatic heterocycles. The zero-order valence-corrected chi connectivity index (χ0v) is 11.5. The molecule has 0 unspecified atom stereocenters. The Morgan fingerprint density at radius 3 is 2.72 bits per heavy atom. The summed E-state index contributed by atoms with van der Waals surface area (Å²) in [6.07, 6.45) is 3.62. The van der Waals surface area contributed by atoms with Gasteiger partial charge >= 0.3 is 0 Å². The molecule has 0 bridgehead atoms. The minimum absolute atomic E-state index is 0.206. The number of aryl methyl sites for hydroxylation is 2. The highest BCUT2D eigenvalue weighted by molar-refractivity contribution is 7.99. The van der Waals surface area contributed by atoms with Crippen LogP contribution in [-0.2, 0) is 7.05 Å². The van der Waals surface area contributed by atoms with Crippen LogP contribution in [0.3, 0.4) is 0 Å². The predicted octanol–water partition coefficient (Wildman–Crippen LogP) is 3.04. The van der Waals surface area contributed by atoms with Crippen LogP contribution in [0.5, 0.6) is 0 Å². The molecule has 0 saturated carbocycles. The fourth-order valence-corrected chi connectivity index (χ4v) is 2.78. The second kappa shape index (κ2) is 5.12. The number of imidazole rings is 1. The van der Waals surface area contributed by atoms with Crippen molar-refractivity contribution in [2.24, 2.45) is 12.8 Å². The van der Waals surface area contributed by atoms with Crippen molar-refractivity contribution in [3.8, 4) is 0 Å². The van der Waals surface area contributed by atoms with Crippen LogP contribution in [0.15, 0.2) is 34.6 Å². The predicted molar refractivity (Wildman–Crippen MR) is 71.1 cm³/mol. The van der Waals surface area contributed by atoms with Gasteiger partial charge in [0.25, 0.3) is 0 Å². The van der Waals surface area contributed by atoms with Gasteiger partial charge in [-0.2, -0.15) is 0 Å². The molecule has 0 fully saturated rings. The van der Waals surface area contributed by atoms with E-state index in [2.05, 4.69) is 4.98 Å². The van der Waals surface area contributed by atoms with Crippen molar-refractivity contribution >= 4 is 11.8 Å². The van der Waals surface area contributed by atoms with Gasteiger partial charge in [-0.05, 0) is 37.1 Å². The Hall–Kier alpha value is -1.33. The van der Waals surface area contributed by atoms with E-state index in [1.54, 1.807) is 13.1 Å². The van der Waals surface area contributed by atoms with Crippen molar-refractivity contribution in [3.63, 3.8) is 0 Å². The number of halogens is 1. The molecular weight excluding hydrogens is 249 g/mol. The van der Waals surface area contributed by atoms with Crippen LogP contribution < -0.4 is 5.73 Å². The molecular formula is C13H16FN3S. The third-order valence-corrected chi connectivity index (χ3v) is 3.91. The number of nitrogens with two attached hydrogens (primary N) is 1. The third-order valence-electron chi connectivity index (χ3n) is 2.76. The van der Waals surface area contributed by atoms with Crippen LogP contribution in [0.25, 0.3) is 0 Å². The smallest absolute Gasteiger partial charge is 0.172 e. The Morgan fingerprint density at radius 2 is 2.17 bits per heavy atom. The molecule has 0 spiro atoms. The molecule has 0 aliphatic carbocycles. The van der Waals surface area contributed by atoms with Gasteiger partial charge < -0.3 is 10.3 Å². The Kier molecular flexibility index (Phi) is 3.73. The molecule has 5 heteroatoms. The molecule has 1 atom stereocenters. The molecule has 0 radical (unpaired) electrons. The molecule has 2 rings (SSSR count). The number of hydrogen-bond donors (Lipinski definition) is 1. The zero-order valence-electron chi connectivity index (χ0n) is 10.6. The molecule has 0 amide bonds. The van der Waals surface area contributed by atoms with E-state index >= 15 is 0 Å². The summed E-state index contributed by atoms with van der Waals surface area (Å²) in [5.74, 6) is -0.216. The van der Waals surface area contributed by atoms with Gasteiger partial charge in [-0.25, -0.2) is 9.37 Å². The van der Waals surface area contributed by atoms with Crippen molar-refractivity contribution in [2.75, 3.05) is 0 Å². The first-order chi connectivity index (χ1) is 8.49. The van der Waals surface area contributed by atoms with Crippen molar-refractivity contribution in [3.05, 3.63) is 41.5 Å². The van der Waals surface area contributed by atoms with E-state index in [-0.39, 0.29) is 11.9 Å². The second-order valence-corrected chi connectivity index (χ2v) is 5.36. The van der Waals surface area contributed by atoms with Crippen LogP contribution in [0.2, 0.25) is 0 Å². The average molecular weight is 265 g/mol. The Bertz CT molecular complexity index is 563. The van der Waals surface area contributed by atoms with E-state index in [1.807, 2.05) is 30.8 Å². The summed E-state index contributed by atoms with van der Waals surface area (Å²) >= 11 is 1.50. The normalized spacial score (nSPS) is 12.7. The van der Waals surface area contributed by atoms with E-state index in [0.29, 0.717) is 5.56 Å². The highest BCUT2D eigenvalue weighted by atomic mass is 32.2. The third kappa shape index (κ3) is 2.57. The highest BCUT2D eigenvalue weighted by Crippen LogP contribution is 2.33. The van der Waals surface area contributed by atoms with E-state index in [1.165, 1.54) is 17.8 Å². The minimum atomic E-state index is -0.216. The summed E-state index contributed by atoms with van der Waals surface area (Å²) in [6.45, 7) is 3.61. The van der Waals surface area contributed by atoms with Crippen LogP contribution in [-0.4, -0.2) is 9.55 Å². The molecule has 2 N–H and O–H groups in total. The molecule has 18 heavy (non-hydrogen) atoms. The summed E-state index contributed by atoms with van der Waals surface area (Å²) in [4.78, 5) is 5.21. The molecule has 1 aromatic carbocycles. The van der Waals surface area contributed by atoms with Crippen LogP contribution in [0.1, 0.15) is 24.1 Å². The maximum Gasteiger partial charge on any atom is 0.172 e. The van der Waals surface area contributed by atoms with E-state index in [0.717, 1.165) is 15.6 Å². The lowest BCUT2D eigenvalue weighted by atomic mass is 10.1. The second-order valence-electron chi connectivity index (χ2n) is 4.35. The highest BCUT2D eigenvalue weighted by Gasteiger charge is 2.13. The van der Waals surface area contributed by atoms with Gasteiger partial charge in [-0.1, -0.05) is 11.8 Å². The molecule has 3 nitrogen and oxygen atoms in total. The van der Waals surface area contributed by atoms with Crippen molar-refractivity contribution < 1.29 is 4.39 Å². The zero-order chi connectivity index (χ0) is 13.3. The molecule has 0 saturated heterocycles. The topological polar surface area (TPSA) is 43.8 Å². The van der Waals surface area contributed by atoms with Gasteiger partial charge in [0.05, 0.1) is 0 Å². The van der Waals surface area contributed by atoms with Crippen molar-refractivity contribution in [1.29, 1.82) is 0 Å². The number of rotatable bonds is 3. The monoisotopic (exact) mass is 265 g/mol. The molecule has 0 aliphatic heterocycles. The largest absolute Gasteiger partial charge is 0.329 e. The molecule has 2 aromatic rings.